The third-order valence-electron chi connectivity index (χ3n) is 2.37. The maximum absolute atomic E-state index is 5.95. The lowest BCUT2D eigenvalue weighted by atomic mass is 10.2. The van der Waals surface area contributed by atoms with Crippen molar-refractivity contribution in [2.45, 2.75) is 6.92 Å². The zero-order valence-electron chi connectivity index (χ0n) is 10.4. The number of halogens is 1. The molecule has 8 heteroatoms. The van der Waals surface area contributed by atoms with Crippen LogP contribution in [0.5, 0.6) is 6.01 Å². The minimum Gasteiger partial charge on any atom is -0.467 e. The predicted molar refractivity (Wildman–Crippen MR) is 73.7 cm³/mol. The first-order valence-corrected chi connectivity index (χ1v) is 5.80. The normalized spacial score (nSPS) is 10.1. The number of aryl methyl sites for hydroxylation is 1. The molecule has 100 valence electrons. The minimum absolute atomic E-state index is 0.158. The lowest BCUT2D eigenvalue weighted by Gasteiger charge is -2.10. The Morgan fingerprint density at radius 1 is 1.21 bits per heavy atom. The van der Waals surface area contributed by atoms with Crippen molar-refractivity contribution in [1.29, 1.82) is 0 Å². The number of hydrogen-bond donors (Lipinski definition) is 3. The van der Waals surface area contributed by atoms with Gasteiger partial charge in [-0.25, -0.2) is 5.84 Å². The van der Waals surface area contributed by atoms with Gasteiger partial charge in [0.15, 0.2) is 0 Å². The van der Waals surface area contributed by atoms with Crippen LogP contribution in [-0.4, -0.2) is 22.1 Å². The Kier molecular flexibility index (Phi) is 3.98. The second-order valence-electron chi connectivity index (χ2n) is 3.70. The van der Waals surface area contributed by atoms with Crippen molar-refractivity contribution in [1.82, 2.24) is 15.0 Å². The molecule has 0 aliphatic heterocycles. The van der Waals surface area contributed by atoms with E-state index in [0.717, 1.165) is 11.3 Å². The number of anilines is 3. The van der Waals surface area contributed by atoms with Gasteiger partial charge in [0.2, 0.25) is 11.9 Å². The average molecular weight is 281 g/mol. The molecule has 0 unspecified atom stereocenters. The van der Waals surface area contributed by atoms with Crippen molar-refractivity contribution in [3.05, 3.63) is 28.8 Å². The van der Waals surface area contributed by atoms with Gasteiger partial charge in [0.1, 0.15) is 0 Å². The molecule has 2 aromatic rings. The van der Waals surface area contributed by atoms with Crippen molar-refractivity contribution in [2.24, 2.45) is 5.84 Å². The van der Waals surface area contributed by atoms with E-state index >= 15 is 0 Å². The van der Waals surface area contributed by atoms with Crippen molar-refractivity contribution in [2.75, 3.05) is 17.9 Å². The highest BCUT2D eigenvalue weighted by Crippen LogP contribution is 2.23. The fourth-order valence-electron chi connectivity index (χ4n) is 1.42. The molecular weight excluding hydrogens is 268 g/mol. The maximum atomic E-state index is 5.95. The van der Waals surface area contributed by atoms with Gasteiger partial charge < -0.3 is 10.1 Å². The average Bonchev–Trinajstić information content (AvgIpc) is 2.42. The van der Waals surface area contributed by atoms with Crippen LogP contribution < -0.4 is 21.3 Å². The Morgan fingerprint density at radius 2 is 1.95 bits per heavy atom. The second kappa shape index (κ2) is 5.68. The summed E-state index contributed by atoms with van der Waals surface area (Å²) in [6, 6.07) is 5.64. The quantitative estimate of drug-likeness (QED) is 0.581. The highest BCUT2D eigenvalue weighted by atomic mass is 35.5. The highest BCUT2D eigenvalue weighted by molar-refractivity contribution is 6.30. The van der Waals surface area contributed by atoms with Crippen molar-refractivity contribution < 1.29 is 4.74 Å². The molecule has 0 fully saturated rings. The molecule has 0 radical (unpaired) electrons. The molecule has 4 N–H and O–H groups in total. The van der Waals surface area contributed by atoms with E-state index in [-0.39, 0.29) is 12.0 Å². The number of hydrazine groups is 1. The van der Waals surface area contributed by atoms with Gasteiger partial charge in [-0.3, -0.25) is 5.43 Å². The molecule has 1 heterocycles. The maximum Gasteiger partial charge on any atom is 0.322 e. The Bertz CT molecular complexity index is 569. The van der Waals surface area contributed by atoms with Crippen LogP contribution in [-0.2, 0) is 0 Å². The van der Waals surface area contributed by atoms with Gasteiger partial charge in [-0.15, -0.1) is 0 Å². The fraction of sp³-hybridized carbons (Fsp3) is 0.182. The van der Waals surface area contributed by atoms with Crippen LogP contribution in [0.25, 0.3) is 0 Å². The molecule has 0 spiro atoms. The van der Waals surface area contributed by atoms with Crippen molar-refractivity contribution in [3.8, 4) is 6.01 Å². The summed E-state index contributed by atoms with van der Waals surface area (Å²) in [5.41, 5.74) is 4.15. The number of ether oxygens (including phenoxy) is 1. The van der Waals surface area contributed by atoms with E-state index in [1.165, 1.54) is 7.11 Å². The SMILES string of the molecule is COc1nc(NN)nc(Nc2cc(Cl)ccc2C)n1. The molecule has 1 aromatic carbocycles. The zero-order valence-corrected chi connectivity index (χ0v) is 11.2. The number of benzene rings is 1. The zero-order chi connectivity index (χ0) is 13.8. The molecule has 0 saturated heterocycles. The summed E-state index contributed by atoms with van der Waals surface area (Å²) in [6.07, 6.45) is 0. The van der Waals surface area contributed by atoms with Crippen LogP contribution in [0.3, 0.4) is 0 Å². The van der Waals surface area contributed by atoms with Crippen molar-refractivity contribution >= 4 is 29.2 Å². The number of nitrogen functional groups attached to an aromatic ring is 1. The monoisotopic (exact) mass is 280 g/mol. The predicted octanol–water partition coefficient (Wildman–Crippen LogP) is 1.87. The molecule has 0 amide bonds. The van der Waals surface area contributed by atoms with Gasteiger partial charge in [-0.2, -0.15) is 15.0 Å². The Hall–Kier alpha value is -2.12. The highest BCUT2D eigenvalue weighted by Gasteiger charge is 2.07. The van der Waals surface area contributed by atoms with Crippen LogP contribution >= 0.6 is 11.6 Å². The van der Waals surface area contributed by atoms with Crippen LogP contribution in [0.1, 0.15) is 5.56 Å². The van der Waals surface area contributed by atoms with Crippen molar-refractivity contribution in [3.63, 3.8) is 0 Å². The third kappa shape index (κ3) is 3.21. The van der Waals surface area contributed by atoms with Gasteiger partial charge >= 0.3 is 6.01 Å². The van der Waals surface area contributed by atoms with E-state index in [4.69, 9.17) is 22.2 Å². The largest absolute Gasteiger partial charge is 0.467 e. The molecule has 19 heavy (non-hydrogen) atoms. The fourth-order valence-corrected chi connectivity index (χ4v) is 1.59. The summed E-state index contributed by atoms with van der Waals surface area (Å²) in [4.78, 5) is 12.1. The first-order chi connectivity index (χ1) is 9.12. The van der Waals surface area contributed by atoms with Gasteiger partial charge in [0.25, 0.3) is 0 Å². The molecule has 0 aliphatic carbocycles. The first kappa shape index (κ1) is 13.3. The Morgan fingerprint density at radius 3 is 2.63 bits per heavy atom. The van der Waals surface area contributed by atoms with E-state index in [2.05, 4.69) is 25.7 Å². The van der Waals surface area contributed by atoms with Gasteiger partial charge in [-0.05, 0) is 24.6 Å². The standard InChI is InChI=1S/C11H13ClN6O/c1-6-3-4-7(12)5-8(6)14-9-15-10(18-13)17-11(16-9)19-2/h3-5H,13H2,1-2H3,(H2,14,15,16,17,18). The third-order valence-corrected chi connectivity index (χ3v) is 2.61. The summed E-state index contributed by atoms with van der Waals surface area (Å²) < 4.78 is 4.97. The molecule has 0 bridgehead atoms. The summed E-state index contributed by atoms with van der Waals surface area (Å²) >= 11 is 5.95. The van der Waals surface area contributed by atoms with Crippen LogP contribution in [0.2, 0.25) is 5.02 Å². The summed E-state index contributed by atoms with van der Waals surface area (Å²) in [5, 5.41) is 3.66. The summed E-state index contributed by atoms with van der Waals surface area (Å²) in [7, 11) is 1.46. The number of aromatic nitrogens is 3. The number of nitrogens with two attached hydrogens (primary N) is 1. The van der Waals surface area contributed by atoms with Crippen LogP contribution in [0.15, 0.2) is 18.2 Å². The van der Waals surface area contributed by atoms with Gasteiger partial charge in [0.05, 0.1) is 7.11 Å². The van der Waals surface area contributed by atoms with E-state index in [1.807, 2.05) is 19.1 Å². The second-order valence-corrected chi connectivity index (χ2v) is 4.13. The molecule has 0 aliphatic rings. The number of methoxy groups -OCH3 is 1. The summed E-state index contributed by atoms with van der Waals surface area (Å²) in [5.74, 6) is 5.80. The van der Waals surface area contributed by atoms with Gasteiger partial charge in [-0.1, -0.05) is 17.7 Å². The van der Waals surface area contributed by atoms with E-state index in [1.54, 1.807) is 6.07 Å². The topological polar surface area (TPSA) is 98.0 Å². The molecule has 7 nitrogen and oxygen atoms in total. The smallest absolute Gasteiger partial charge is 0.322 e. The first-order valence-electron chi connectivity index (χ1n) is 5.42. The number of nitrogens with zero attached hydrogens (tertiary/aromatic N) is 3. The number of nitrogens with one attached hydrogen (secondary N) is 2. The number of rotatable bonds is 4. The Labute approximate surface area is 115 Å². The van der Waals surface area contributed by atoms with Gasteiger partial charge in [0, 0.05) is 10.7 Å². The van der Waals surface area contributed by atoms with Crippen LogP contribution in [0, 0.1) is 6.92 Å². The lowest BCUT2D eigenvalue weighted by molar-refractivity contribution is 0.379. The van der Waals surface area contributed by atoms with E-state index < -0.39 is 0 Å². The molecule has 2 rings (SSSR count). The molecule has 0 saturated carbocycles. The lowest BCUT2D eigenvalue weighted by Crippen LogP contribution is -2.13. The molecule has 0 atom stereocenters. The Balaban J connectivity index is 2.34. The minimum atomic E-state index is 0.158. The molecule has 1 aromatic heterocycles. The number of hydrogen-bond acceptors (Lipinski definition) is 7. The molecular formula is C11H13ClN6O. The van der Waals surface area contributed by atoms with E-state index in [9.17, 15) is 0 Å². The van der Waals surface area contributed by atoms with Crippen LogP contribution in [0.4, 0.5) is 17.6 Å². The van der Waals surface area contributed by atoms with E-state index in [0.29, 0.717) is 11.0 Å². The summed E-state index contributed by atoms with van der Waals surface area (Å²) in [6.45, 7) is 1.94.